The average molecular weight is 346 g/mol. The third-order valence-corrected chi connectivity index (χ3v) is 3.51. The number of benzene rings is 1. The van der Waals surface area contributed by atoms with Crippen molar-refractivity contribution in [1.82, 2.24) is 15.5 Å². The molecule has 0 aliphatic heterocycles. The summed E-state index contributed by atoms with van der Waals surface area (Å²) in [5.74, 6) is -0.0259. The largest absolute Gasteiger partial charge is 0.338 e. The van der Waals surface area contributed by atoms with E-state index in [4.69, 9.17) is 23.2 Å². The van der Waals surface area contributed by atoms with Gasteiger partial charge in [-0.25, -0.2) is 4.79 Å². The minimum Gasteiger partial charge on any atom is -0.338 e. The van der Waals surface area contributed by atoms with Crippen molar-refractivity contribution < 1.29 is 9.59 Å². The second-order valence-electron chi connectivity index (χ2n) is 5.57. The van der Waals surface area contributed by atoms with Gasteiger partial charge < -0.3 is 5.32 Å². The lowest BCUT2D eigenvalue weighted by Gasteiger charge is -2.16. The number of carbonyl (C=O) groups excluding carboxylic acids is 2. The number of halogens is 2. The van der Waals surface area contributed by atoms with E-state index in [9.17, 15) is 9.59 Å². The van der Waals surface area contributed by atoms with Crippen LogP contribution in [0.3, 0.4) is 0 Å². The molecule has 0 heterocycles. The molecule has 0 radical (unpaired) electrons. The summed E-state index contributed by atoms with van der Waals surface area (Å²) >= 11 is 11.8. The van der Waals surface area contributed by atoms with Crippen molar-refractivity contribution in [3.8, 4) is 0 Å². The number of carbonyl (C=O) groups is 2. The van der Waals surface area contributed by atoms with Crippen LogP contribution in [0.1, 0.15) is 19.4 Å². The van der Waals surface area contributed by atoms with Crippen LogP contribution in [0.2, 0.25) is 10.0 Å². The summed E-state index contributed by atoms with van der Waals surface area (Å²) in [6.45, 7) is 5.12. The first-order valence-corrected chi connectivity index (χ1v) is 7.73. The number of imide groups is 1. The van der Waals surface area contributed by atoms with Gasteiger partial charge in [-0.2, -0.15) is 0 Å². The Morgan fingerprint density at radius 2 is 1.91 bits per heavy atom. The molecule has 3 amide bonds. The highest BCUT2D eigenvalue weighted by atomic mass is 35.5. The fraction of sp³-hybridized carbons (Fsp3) is 0.467. The molecule has 0 unspecified atom stereocenters. The Balaban J connectivity index is 2.40. The molecule has 0 bridgehead atoms. The van der Waals surface area contributed by atoms with E-state index in [1.165, 1.54) is 0 Å². The minimum atomic E-state index is -0.471. The van der Waals surface area contributed by atoms with Crippen LogP contribution in [-0.2, 0) is 11.3 Å². The zero-order chi connectivity index (χ0) is 16.7. The highest BCUT2D eigenvalue weighted by Gasteiger charge is 2.11. The van der Waals surface area contributed by atoms with Crippen molar-refractivity contribution in [2.24, 2.45) is 5.92 Å². The van der Waals surface area contributed by atoms with Gasteiger partial charge in [-0.3, -0.25) is 15.0 Å². The number of likely N-dealkylation sites (N-methyl/N-ethyl adjacent to an activating group) is 1. The molecule has 0 fully saturated rings. The van der Waals surface area contributed by atoms with E-state index in [1.807, 2.05) is 19.9 Å². The first kappa shape index (κ1) is 18.7. The van der Waals surface area contributed by atoms with Gasteiger partial charge in [-0.15, -0.1) is 0 Å². The Morgan fingerprint density at radius 3 is 2.50 bits per heavy atom. The molecule has 0 spiro atoms. The summed E-state index contributed by atoms with van der Waals surface area (Å²) < 4.78 is 0. The molecule has 0 aliphatic rings. The van der Waals surface area contributed by atoms with Gasteiger partial charge in [-0.1, -0.05) is 43.1 Å². The first-order chi connectivity index (χ1) is 10.3. The van der Waals surface area contributed by atoms with Crippen LogP contribution in [0.4, 0.5) is 4.79 Å². The summed E-state index contributed by atoms with van der Waals surface area (Å²) in [6.07, 6.45) is 0. The molecule has 122 valence electrons. The van der Waals surface area contributed by atoms with E-state index in [0.717, 1.165) is 5.56 Å². The quantitative estimate of drug-likeness (QED) is 0.833. The number of nitrogens with one attached hydrogen (secondary N) is 2. The standard InChI is InChI=1S/C15H21Cl2N3O2/c1-10(2)7-18-15(22)19-14(21)9-20(3)8-11-4-5-12(16)13(17)6-11/h4-6,10H,7-9H2,1-3H3,(H2,18,19,21,22). The molecule has 1 aromatic rings. The van der Waals surface area contributed by atoms with E-state index in [-0.39, 0.29) is 12.5 Å². The maximum atomic E-state index is 11.8. The molecule has 0 aromatic heterocycles. The number of amides is 3. The zero-order valence-corrected chi connectivity index (χ0v) is 14.5. The van der Waals surface area contributed by atoms with Crippen molar-refractivity contribution in [3.05, 3.63) is 33.8 Å². The van der Waals surface area contributed by atoms with Gasteiger partial charge >= 0.3 is 6.03 Å². The topological polar surface area (TPSA) is 61.4 Å². The molecule has 0 aliphatic carbocycles. The van der Waals surface area contributed by atoms with Gasteiger partial charge in [-0.05, 0) is 30.7 Å². The highest BCUT2D eigenvalue weighted by Crippen LogP contribution is 2.22. The molecular formula is C15H21Cl2N3O2. The highest BCUT2D eigenvalue weighted by molar-refractivity contribution is 6.42. The Bertz CT molecular complexity index is 536. The monoisotopic (exact) mass is 345 g/mol. The second kappa shape index (κ2) is 8.98. The summed E-state index contributed by atoms with van der Waals surface area (Å²) in [5.41, 5.74) is 0.939. The van der Waals surface area contributed by atoms with Crippen LogP contribution in [0, 0.1) is 5.92 Å². The maximum Gasteiger partial charge on any atom is 0.321 e. The number of urea groups is 1. The SMILES string of the molecule is CC(C)CNC(=O)NC(=O)CN(C)Cc1ccc(Cl)c(Cl)c1. The molecule has 7 heteroatoms. The summed E-state index contributed by atoms with van der Waals surface area (Å²) in [7, 11) is 1.79. The third-order valence-electron chi connectivity index (χ3n) is 2.77. The Kier molecular flexibility index (Phi) is 7.65. The van der Waals surface area contributed by atoms with Crippen molar-refractivity contribution in [2.75, 3.05) is 20.1 Å². The fourth-order valence-corrected chi connectivity index (χ4v) is 2.08. The van der Waals surface area contributed by atoms with Gasteiger partial charge in [0.1, 0.15) is 0 Å². The maximum absolute atomic E-state index is 11.8. The third kappa shape index (κ3) is 7.11. The smallest absolute Gasteiger partial charge is 0.321 e. The van der Waals surface area contributed by atoms with Gasteiger partial charge in [0.2, 0.25) is 5.91 Å². The molecule has 0 atom stereocenters. The van der Waals surface area contributed by atoms with Gasteiger partial charge in [0.15, 0.2) is 0 Å². The summed E-state index contributed by atoms with van der Waals surface area (Å²) in [5, 5.41) is 5.89. The fourth-order valence-electron chi connectivity index (χ4n) is 1.76. The van der Waals surface area contributed by atoms with Crippen LogP contribution in [-0.4, -0.2) is 37.0 Å². The molecule has 1 aromatic carbocycles. The zero-order valence-electron chi connectivity index (χ0n) is 13.0. The van der Waals surface area contributed by atoms with Gasteiger partial charge in [0, 0.05) is 13.1 Å². The average Bonchev–Trinajstić information content (AvgIpc) is 2.40. The van der Waals surface area contributed by atoms with Crippen LogP contribution >= 0.6 is 23.2 Å². The van der Waals surface area contributed by atoms with E-state index in [2.05, 4.69) is 10.6 Å². The number of hydrogen-bond donors (Lipinski definition) is 2. The van der Waals surface area contributed by atoms with E-state index < -0.39 is 6.03 Å². The van der Waals surface area contributed by atoms with Crippen LogP contribution in [0.15, 0.2) is 18.2 Å². The van der Waals surface area contributed by atoms with E-state index >= 15 is 0 Å². The predicted octanol–water partition coefficient (Wildman–Crippen LogP) is 2.91. The normalized spacial score (nSPS) is 10.9. The Hall–Kier alpha value is -1.30. The number of rotatable bonds is 6. The van der Waals surface area contributed by atoms with Gasteiger partial charge in [0.05, 0.1) is 16.6 Å². The molecular weight excluding hydrogens is 325 g/mol. The molecule has 2 N–H and O–H groups in total. The first-order valence-electron chi connectivity index (χ1n) is 6.98. The molecule has 22 heavy (non-hydrogen) atoms. The van der Waals surface area contributed by atoms with Crippen LogP contribution in [0.5, 0.6) is 0 Å². The lowest BCUT2D eigenvalue weighted by atomic mass is 10.2. The van der Waals surface area contributed by atoms with Crippen LogP contribution in [0.25, 0.3) is 0 Å². The van der Waals surface area contributed by atoms with Gasteiger partial charge in [0.25, 0.3) is 0 Å². The van der Waals surface area contributed by atoms with E-state index in [0.29, 0.717) is 29.1 Å². The number of nitrogens with zero attached hydrogens (tertiary/aromatic N) is 1. The Morgan fingerprint density at radius 1 is 1.23 bits per heavy atom. The molecule has 5 nitrogen and oxygen atoms in total. The predicted molar refractivity (Wildman–Crippen MR) is 89.2 cm³/mol. The van der Waals surface area contributed by atoms with Crippen molar-refractivity contribution >= 4 is 35.1 Å². The summed E-state index contributed by atoms with van der Waals surface area (Å²) in [6, 6.07) is 4.85. The van der Waals surface area contributed by atoms with E-state index in [1.54, 1.807) is 24.1 Å². The molecule has 1 rings (SSSR count). The lowest BCUT2D eigenvalue weighted by molar-refractivity contribution is -0.120. The van der Waals surface area contributed by atoms with Crippen molar-refractivity contribution in [3.63, 3.8) is 0 Å². The summed E-state index contributed by atoms with van der Waals surface area (Å²) in [4.78, 5) is 25.0. The van der Waals surface area contributed by atoms with Crippen LogP contribution < -0.4 is 10.6 Å². The molecule has 0 saturated heterocycles. The second-order valence-corrected chi connectivity index (χ2v) is 6.39. The minimum absolute atomic E-state index is 0.106. The van der Waals surface area contributed by atoms with Crippen molar-refractivity contribution in [1.29, 1.82) is 0 Å². The Labute approximate surface area is 141 Å². The molecule has 0 saturated carbocycles. The van der Waals surface area contributed by atoms with Crippen molar-refractivity contribution in [2.45, 2.75) is 20.4 Å². The lowest BCUT2D eigenvalue weighted by Crippen LogP contribution is -2.44. The number of hydrogen-bond acceptors (Lipinski definition) is 3.